The van der Waals surface area contributed by atoms with Gasteiger partial charge in [0.1, 0.15) is 0 Å². The number of aliphatic hydroxyl groups excluding tert-OH is 1. The molecule has 2 aliphatic rings. The van der Waals surface area contributed by atoms with Crippen molar-refractivity contribution in [1.29, 1.82) is 0 Å². The number of aliphatic hydroxyl groups is 1. The zero-order valence-corrected chi connectivity index (χ0v) is 15.8. The number of rotatable bonds is 5. The topological polar surface area (TPSA) is 61.6 Å². The third-order valence-corrected chi connectivity index (χ3v) is 6.18. The van der Waals surface area contributed by atoms with Crippen molar-refractivity contribution in [1.82, 2.24) is 19.4 Å². The fourth-order valence-electron chi connectivity index (χ4n) is 4.46. The van der Waals surface area contributed by atoms with Gasteiger partial charge in [-0.3, -0.25) is 9.69 Å². The lowest BCUT2D eigenvalue weighted by atomic mass is 9.72. The standard InChI is InChI=1S/C21H28N4O2/c26-14-13-24-16-21(6-5-20(24)27)7-10-23(11-8-21)15-18-1-3-19(4-2-18)25-12-9-22-17-25/h1-4,9,12,17,26H,5-8,10-11,13-16H2. The van der Waals surface area contributed by atoms with Crippen LogP contribution in [0.3, 0.4) is 0 Å². The quantitative estimate of drug-likeness (QED) is 0.878. The lowest BCUT2D eigenvalue weighted by Gasteiger charge is -2.47. The first-order chi connectivity index (χ1) is 13.2. The molecule has 2 aromatic rings. The molecular weight excluding hydrogens is 340 g/mol. The van der Waals surface area contributed by atoms with E-state index in [0.29, 0.717) is 13.0 Å². The highest BCUT2D eigenvalue weighted by atomic mass is 16.3. The Morgan fingerprint density at radius 1 is 1.11 bits per heavy atom. The maximum Gasteiger partial charge on any atom is 0.222 e. The van der Waals surface area contributed by atoms with Crippen LogP contribution in [0.15, 0.2) is 43.0 Å². The van der Waals surface area contributed by atoms with Crippen molar-refractivity contribution in [3.63, 3.8) is 0 Å². The van der Waals surface area contributed by atoms with Gasteiger partial charge in [-0.2, -0.15) is 0 Å². The lowest BCUT2D eigenvalue weighted by molar-refractivity contribution is -0.139. The summed E-state index contributed by atoms with van der Waals surface area (Å²) in [6.45, 7) is 4.48. The molecule has 6 heteroatoms. The highest BCUT2D eigenvalue weighted by Gasteiger charge is 2.40. The highest BCUT2D eigenvalue weighted by Crippen LogP contribution is 2.40. The molecule has 1 aromatic carbocycles. The molecule has 1 amide bonds. The molecule has 2 fully saturated rings. The van der Waals surface area contributed by atoms with Crippen LogP contribution in [0.2, 0.25) is 0 Å². The first-order valence-electron chi connectivity index (χ1n) is 9.86. The molecule has 0 saturated carbocycles. The summed E-state index contributed by atoms with van der Waals surface area (Å²) < 4.78 is 2.01. The zero-order chi connectivity index (χ0) is 18.7. The molecule has 0 unspecified atom stereocenters. The number of β-amino-alcohol motifs (C(OH)–C–C–N with tert-alkyl or cyclic N) is 1. The number of piperidine rings is 2. The van der Waals surface area contributed by atoms with Crippen LogP contribution in [0.1, 0.15) is 31.2 Å². The van der Waals surface area contributed by atoms with Crippen molar-refractivity contribution in [2.24, 2.45) is 5.41 Å². The van der Waals surface area contributed by atoms with E-state index in [4.69, 9.17) is 0 Å². The molecule has 1 aromatic heterocycles. The smallest absolute Gasteiger partial charge is 0.222 e. The minimum atomic E-state index is 0.0585. The van der Waals surface area contributed by atoms with Crippen molar-refractivity contribution in [2.45, 2.75) is 32.2 Å². The lowest BCUT2D eigenvalue weighted by Crippen LogP contribution is -2.51. The van der Waals surface area contributed by atoms with Crippen LogP contribution in [0.25, 0.3) is 5.69 Å². The fraction of sp³-hybridized carbons (Fsp3) is 0.524. The van der Waals surface area contributed by atoms with Gasteiger partial charge in [0.2, 0.25) is 5.91 Å². The highest BCUT2D eigenvalue weighted by molar-refractivity contribution is 5.77. The Morgan fingerprint density at radius 2 is 1.89 bits per heavy atom. The largest absolute Gasteiger partial charge is 0.395 e. The number of carbonyl (C=O) groups excluding carboxylic acids is 1. The summed E-state index contributed by atoms with van der Waals surface area (Å²) in [6.07, 6.45) is 9.46. The third-order valence-electron chi connectivity index (χ3n) is 6.18. The van der Waals surface area contributed by atoms with E-state index in [1.165, 1.54) is 5.56 Å². The first kappa shape index (κ1) is 18.2. The van der Waals surface area contributed by atoms with Gasteiger partial charge in [0.15, 0.2) is 0 Å². The van der Waals surface area contributed by atoms with Gasteiger partial charge in [-0.1, -0.05) is 12.1 Å². The van der Waals surface area contributed by atoms with Gasteiger partial charge in [0.05, 0.1) is 12.9 Å². The molecular formula is C21H28N4O2. The molecule has 144 valence electrons. The maximum absolute atomic E-state index is 12.0. The molecule has 2 saturated heterocycles. The number of nitrogens with zero attached hydrogens (tertiary/aromatic N) is 4. The van der Waals surface area contributed by atoms with E-state index in [1.54, 1.807) is 6.20 Å². The van der Waals surface area contributed by atoms with Crippen molar-refractivity contribution in [3.8, 4) is 5.69 Å². The Hall–Kier alpha value is -2.18. The molecule has 1 N–H and O–H groups in total. The molecule has 0 aliphatic carbocycles. The van der Waals surface area contributed by atoms with Gasteiger partial charge in [-0.05, 0) is 55.5 Å². The molecule has 6 nitrogen and oxygen atoms in total. The SMILES string of the molecule is O=C1CCC2(CCN(Cc3ccc(-n4ccnc4)cc3)CC2)CN1CCO. The van der Waals surface area contributed by atoms with Gasteiger partial charge in [0.25, 0.3) is 0 Å². The predicted molar refractivity (Wildman–Crippen MR) is 103 cm³/mol. The molecule has 4 rings (SSSR count). The van der Waals surface area contributed by atoms with Crippen LogP contribution >= 0.6 is 0 Å². The summed E-state index contributed by atoms with van der Waals surface area (Å²) in [5.41, 5.74) is 2.71. The van der Waals surface area contributed by atoms with Crippen LogP contribution in [-0.2, 0) is 11.3 Å². The second kappa shape index (κ2) is 7.82. The Kier molecular flexibility index (Phi) is 5.27. The van der Waals surface area contributed by atoms with Crippen LogP contribution in [0.5, 0.6) is 0 Å². The van der Waals surface area contributed by atoms with E-state index in [2.05, 4.69) is 34.1 Å². The Labute approximate surface area is 160 Å². The van der Waals surface area contributed by atoms with Gasteiger partial charge in [0, 0.05) is 44.1 Å². The molecule has 0 radical (unpaired) electrons. The summed E-state index contributed by atoms with van der Waals surface area (Å²) in [5.74, 6) is 0.204. The molecule has 1 spiro atoms. The average molecular weight is 368 g/mol. The zero-order valence-electron chi connectivity index (χ0n) is 15.8. The van der Waals surface area contributed by atoms with Crippen LogP contribution in [0.4, 0.5) is 0 Å². The van der Waals surface area contributed by atoms with E-state index in [-0.39, 0.29) is 17.9 Å². The maximum atomic E-state index is 12.0. The number of amides is 1. The average Bonchev–Trinajstić information content (AvgIpc) is 3.23. The molecule has 2 aliphatic heterocycles. The number of likely N-dealkylation sites (tertiary alicyclic amines) is 2. The first-order valence-corrected chi connectivity index (χ1v) is 9.86. The van der Waals surface area contributed by atoms with Crippen molar-refractivity contribution in [3.05, 3.63) is 48.5 Å². The second-order valence-corrected chi connectivity index (χ2v) is 7.95. The van der Waals surface area contributed by atoms with Gasteiger partial charge in [-0.25, -0.2) is 4.98 Å². The number of imidazole rings is 1. The minimum absolute atomic E-state index is 0.0585. The predicted octanol–water partition coefficient (Wildman–Crippen LogP) is 2.07. The summed E-state index contributed by atoms with van der Waals surface area (Å²) in [7, 11) is 0. The Morgan fingerprint density at radius 3 is 2.56 bits per heavy atom. The van der Waals surface area contributed by atoms with E-state index in [0.717, 1.165) is 51.1 Å². The number of aromatic nitrogens is 2. The van der Waals surface area contributed by atoms with Gasteiger partial charge >= 0.3 is 0 Å². The minimum Gasteiger partial charge on any atom is -0.395 e. The van der Waals surface area contributed by atoms with E-state index < -0.39 is 0 Å². The van der Waals surface area contributed by atoms with Gasteiger partial charge in [-0.15, -0.1) is 0 Å². The molecule has 3 heterocycles. The third kappa shape index (κ3) is 4.06. The van der Waals surface area contributed by atoms with Crippen LogP contribution in [0, 0.1) is 5.41 Å². The number of hydrogen-bond acceptors (Lipinski definition) is 4. The molecule has 0 atom stereocenters. The van der Waals surface area contributed by atoms with E-state index in [1.807, 2.05) is 22.0 Å². The molecule has 0 bridgehead atoms. The van der Waals surface area contributed by atoms with E-state index in [9.17, 15) is 9.90 Å². The van der Waals surface area contributed by atoms with Crippen molar-refractivity contribution >= 4 is 5.91 Å². The fourth-order valence-corrected chi connectivity index (χ4v) is 4.46. The summed E-state index contributed by atoms with van der Waals surface area (Å²) in [4.78, 5) is 20.5. The van der Waals surface area contributed by atoms with E-state index >= 15 is 0 Å². The number of hydrogen-bond donors (Lipinski definition) is 1. The van der Waals surface area contributed by atoms with Gasteiger partial charge < -0.3 is 14.6 Å². The Bertz CT molecular complexity index is 749. The van der Waals surface area contributed by atoms with Crippen LogP contribution in [-0.4, -0.2) is 63.2 Å². The second-order valence-electron chi connectivity index (χ2n) is 7.95. The summed E-state index contributed by atoms with van der Waals surface area (Å²) in [5, 5.41) is 9.20. The number of carbonyl (C=O) groups is 1. The summed E-state index contributed by atoms with van der Waals surface area (Å²) >= 11 is 0. The normalized spacial score (nSPS) is 20.3. The summed E-state index contributed by atoms with van der Waals surface area (Å²) in [6, 6.07) is 8.67. The van der Waals surface area contributed by atoms with Crippen molar-refractivity contribution in [2.75, 3.05) is 32.8 Å². The number of benzene rings is 1. The monoisotopic (exact) mass is 368 g/mol. The molecule has 27 heavy (non-hydrogen) atoms. The van der Waals surface area contributed by atoms with Crippen LogP contribution < -0.4 is 0 Å². The van der Waals surface area contributed by atoms with Crippen molar-refractivity contribution < 1.29 is 9.90 Å². The Balaban J connectivity index is 1.32.